The summed E-state index contributed by atoms with van der Waals surface area (Å²) in [6.45, 7) is 3.98. The smallest absolute Gasteiger partial charge is 0.154 e. The minimum atomic E-state index is 0.776. The van der Waals surface area contributed by atoms with E-state index in [0.717, 1.165) is 33.8 Å². The van der Waals surface area contributed by atoms with E-state index in [2.05, 4.69) is 9.97 Å². The Bertz CT molecular complexity index is 666. The standard InChI is InChI=1S/C14H12N2O/c1-9-7-14(17-10(9)2)13-8-15-11-5-3-4-6-12(11)16-13/h3-8H,1-2H3. The zero-order valence-corrected chi connectivity index (χ0v) is 9.77. The average Bonchev–Trinajstić information content (AvgIpc) is 2.69. The van der Waals surface area contributed by atoms with Gasteiger partial charge in [-0.1, -0.05) is 12.1 Å². The van der Waals surface area contributed by atoms with Gasteiger partial charge in [-0.3, -0.25) is 4.98 Å². The molecule has 0 fully saturated rings. The lowest BCUT2D eigenvalue weighted by atomic mass is 10.2. The summed E-state index contributed by atoms with van der Waals surface area (Å²) in [6, 6.07) is 9.81. The second kappa shape index (κ2) is 3.70. The molecule has 3 aromatic rings. The summed E-state index contributed by atoms with van der Waals surface area (Å²) in [5, 5.41) is 0. The van der Waals surface area contributed by atoms with Gasteiger partial charge >= 0.3 is 0 Å². The van der Waals surface area contributed by atoms with Crippen LogP contribution in [0.15, 0.2) is 40.9 Å². The Labute approximate surface area is 99.1 Å². The zero-order valence-electron chi connectivity index (χ0n) is 9.77. The van der Waals surface area contributed by atoms with Crippen LogP contribution in [-0.2, 0) is 0 Å². The maximum absolute atomic E-state index is 5.65. The van der Waals surface area contributed by atoms with E-state index in [4.69, 9.17) is 4.42 Å². The van der Waals surface area contributed by atoms with Crippen LogP contribution in [0, 0.1) is 13.8 Å². The fraction of sp³-hybridized carbons (Fsp3) is 0.143. The van der Waals surface area contributed by atoms with Gasteiger partial charge in [0.1, 0.15) is 11.5 Å². The summed E-state index contributed by atoms with van der Waals surface area (Å²) in [4.78, 5) is 8.92. The predicted molar refractivity (Wildman–Crippen MR) is 66.7 cm³/mol. The fourth-order valence-electron chi connectivity index (χ4n) is 1.78. The van der Waals surface area contributed by atoms with E-state index in [-0.39, 0.29) is 0 Å². The van der Waals surface area contributed by atoms with Gasteiger partial charge in [0.05, 0.1) is 17.2 Å². The van der Waals surface area contributed by atoms with Crippen molar-refractivity contribution >= 4 is 11.0 Å². The average molecular weight is 224 g/mol. The molecule has 0 aliphatic rings. The Morgan fingerprint density at radius 2 is 1.82 bits per heavy atom. The Hall–Kier alpha value is -2.16. The molecule has 17 heavy (non-hydrogen) atoms. The van der Waals surface area contributed by atoms with Crippen LogP contribution in [0.25, 0.3) is 22.5 Å². The van der Waals surface area contributed by atoms with Crippen molar-refractivity contribution in [3.05, 3.63) is 47.9 Å². The number of nitrogens with zero attached hydrogens (tertiary/aromatic N) is 2. The van der Waals surface area contributed by atoms with Crippen molar-refractivity contribution < 1.29 is 4.42 Å². The summed E-state index contributed by atoms with van der Waals surface area (Å²) in [5.74, 6) is 1.70. The first-order valence-electron chi connectivity index (χ1n) is 5.53. The highest BCUT2D eigenvalue weighted by Crippen LogP contribution is 2.23. The highest BCUT2D eigenvalue weighted by Gasteiger charge is 2.08. The van der Waals surface area contributed by atoms with Gasteiger partial charge in [0.25, 0.3) is 0 Å². The van der Waals surface area contributed by atoms with Crippen LogP contribution in [-0.4, -0.2) is 9.97 Å². The van der Waals surface area contributed by atoms with Crippen molar-refractivity contribution in [2.75, 3.05) is 0 Å². The molecule has 0 unspecified atom stereocenters. The molecule has 2 heterocycles. The largest absolute Gasteiger partial charge is 0.459 e. The van der Waals surface area contributed by atoms with Crippen LogP contribution >= 0.6 is 0 Å². The van der Waals surface area contributed by atoms with Gasteiger partial charge in [0, 0.05) is 0 Å². The molecule has 0 atom stereocenters. The molecule has 0 radical (unpaired) electrons. The van der Waals surface area contributed by atoms with E-state index < -0.39 is 0 Å². The first-order valence-corrected chi connectivity index (χ1v) is 5.53. The Morgan fingerprint density at radius 1 is 1.06 bits per heavy atom. The summed E-state index contributed by atoms with van der Waals surface area (Å²) in [6.07, 6.45) is 1.75. The number of hydrogen-bond donors (Lipinski definition) is 0. The first-order chi connectivity index (χ1) is 8.24. The zero-order chi connectivity index (χ0) is 11.8. The van der Waals surface area contributed by atoms with Gasteiger partial charge in [-0.15, -0.1) is 0 Å². The van der Waals surface area contributed by atoms with Gasteiger partial charge in [-0.2, -0.15) is 0 Å². The monoisotopic (exact) mass is 224 g/mol. The third-order valence-electron chi connectivity index (χ3n) is 2.87. The summed E-state index contributed by atoms with van der Waals surface area (Å²) in [7, 11) is 0. The Balaban J connectivity index is 2.17. The lowest BCUT2D eigenvalue weighted by Crippen LogP contribution is -1.86. The molecule has 84 valence electrons. The van der Waals surface area contributed by atoms with Gasteiger partial charge in [-0.05, 0) is 37.6 Å². The molecule has 2 aromatic heterocycles. The van der Waals surface area contributed by atoms with Crippen molar-refractivity contribution in [3.8, 4) is 11.5 Å². The van der Waals surface area contributed by atoms with E-state index in [1.165, 1.54) is 0 Å². The number of benzene rings is 1. The van der Waals surface area contributed by atoms with Crippen LogP contribution in [0.3, 0.4) is 0 Å². The van der Waals surface area contributed by atoms with Crippen molar-refractivity contribution in [2.24, 2.45) is 0 Å². The molecule has 0 aliphatic carbocycles. The molecule has 0 spiro atoms. The second-order valence-corrected chi connectivity index (χ2v) is 4.09. The van der Waals surface area contributed by atoms with E-state index in [9.17, 15) is 0 Å². The minimum Gasteiger partial charge on any atom is -0.459 e. The van der Waals surface area contributed by atoms with Crippen LogP contribution in [0.2, 0.25) is 0 Å². The number of furan rings is 1. The molecular weight excluding hydrogens is 212 g/mol. The predicted octanol–water partition coefficient (Wildman–Crippen LogP) is 3.51. The van der Waals surface area contributed by atoms with Crippen LogP contribution < -0.4 is 0 Å². The summed E-state index contributed by atoms with van der Waals surface area (Å²) in [5.41, 5.74) is 3.70. The van der Waals surface area contributed by atoms with Crippen LogP contribution in [0.1, 0.15) is 11.3 Å². The molecule has 0 saturated heterocycles. The number of para-hydroxylation sites is 2. The highest BCUT2D eigenvalue weighted by atomic mass is 16.3. The molecule has 3 heteroatoms. The number of aromatic nitrogens is 2. The number of fused-ring (bicyclic) bond motifs is 1. The van der Waals surface area contributed by atoms with Crippen molar-refractivity contribution in [1.82, 2.24) is 9.97 Å². The maximum Gasteiger partial charge on any atom is 0.154 e. The van der Waals surface area contributed by atoms with Crippen LogP contribution in [0.5, 0.6) is 0 Å². The summed E-state index contributed by atoms with van der Waals surface area (Å²) >= 11 is 0. The maximum atomic E-state index is 5.65. The number of hydrogen-bond acceptors (Lipinski definition) is 3. The SMILES string of the molecule is Cc1cc(-c2cnc3ccccc3n2)oc1C. The molecule has 0 amide bonds. The molecule has 0 saturated carbocycles. The van der Waals surface area contributed by atoms with Gasteiger partial charge in [0.2, 0.25) is 0 Å². The lowest BCUT2D eigenvalue weighted by molar-refractivity contribution is 0.544. The molecular formula is C14H12N2O. The molecule has 0 N–H and O–H groups in total. The molecule has 3 nitrogen and oxygen atoms in total. The quantitative estimate of drug-likeness (QED) is 0.635. The van der Waals surface area contributed by atoms with E-state index in [1.54, 1.807) is 6.20 Å². The topological polar surface area (TPSA) is 38.9 Å². The van der Waals surface area contributed by atoms with Crippen molar-refractivity contribution in [2.45, 2.75) is 13.8 Å². The minimum absolute atomic E-state index is 0.776. The number of aryl methyl sites for hydroxylation is 2. The van der Waals surface area contributed by atoms with E-state index in [0.29, 0.717) is 0 Å². The summed E-state index contributed by atoms with van der Waals surface area (Å²) < 4.78 is 5.65. The Kier molecular flexibility index (Phi) is 2.18. The van der Waals surface area contributed by atoms with Crippen LogP contribution in [0.4, 0.5) is 0 Å². The third-order valence-corrected chi connectivity index (χ3v) is 2.87. The first kappa shape index (κ1) is 10.0. The highest BCUT2D eigenvalue weighted by molar-refractivity contribution is 5.76. The van der Waals surface area contributed by atoms with Crippen molar-refractivity contribution in [3.63, 3.8) is 0 Å². The van der Waals surface area contributed by atoms with Gasteiger partial charge in [0.15, 0.2) is 5.76 Å². The lowest BCUT2D eigenvalue weighted by Gasteiger charge is -1.98. The normalized spacial score (nSPS) is 10.9. The van der Waals surface area contributed by atoms with E-state index in [1.807, 2.05) is 44.2 Å². The van der Waals surface area contributed by atoms with E-state index >= 15 is 0 Å². The van der Waals surface area contributed by atoms with Gasteiger partial charge in [-0.25, -0.2) is 4.98 Å². The Morgan fingerprint density at radius 3 is 2.53 bits per heavy atom. The molecule has 0 aliphatic heterocycles. The third kappa shape index (κ3) is 1.69. The van der Waals surface area contributed by atoms with Gasteiger partial charge < -0.3 is 4.42 Å². The molecule has 0 bridgehead atoms. The fourth-order valence-corrected chi connectivity index (χ4v) is 1.78. The molecule has 1 aromatic carbocycles. The molecule has 3 rings (SSSR count). The number of rotatable bonds is 1. The second-order valence-electron chi connectivity index (χ2n) is 4.09. The van der Waals surface area contributed by atoms with Crippen molar-refractivity contribution in [1.29, 1.82) is 0 Å².